The molecule has 3 aromatic rings. The number of benzene rings is 1. The summed E-state index contributed by atoms with van der Waals surface area (Å²) in [7, 11) is 0. The average molecular weight is 399 g/mol. The van der Waals surface area contributed by atoms with Gasteiger partial charge >= 0.3 is 5.97 Å². The van der Waals surface area contributed by atoms with Crippen LogP contribution in [0.2, 0.25) is 0 Å². The van der Waals surface area contributed by atoms with Crippen LogP contribution in [0.1, 0.15) is 40.7 Å². The van der Waals surface area contributed by atoms with E-state index in [9.17, 15) is 19.5 Å². The third-order valence-electron chi connectivity index (χ3n) is 4.52. The van der Waals surface area contributed by atoms with Gasteiger partial charge in [-0.1, -0.05) is 25.1 Å². The van der Waals surface area contributed by atoms with Gasteiger partial charge in [-0.25, -0.2) is 9.78 Å². The Morgan fingerprint density at radius 3 is 2.54 bits per heavy atom. The number of aromatic nitrogens is 2. The predicted molar refractivity (Wildman–Crippen MR) is 109 cm³/mol. The quantitative estimate of drug-likeness (QED) is 0.662. The number of carbonyl (C=O) groups excluding carboxylic acids is 1. The number of thiophene rings is 1. The zero-order chi connectivity index (χ0) is 20.4. The Morgan fingerprint density at radius 1 is 1.25 bits per heavy atom. The van der Waals surface area contributed by atoms with E-state index in [1.807, 2.05) is 39.0 Å². The number of amides is 1. The van der Waals surface area contributed by atoms with Gasteiger partial charge in [0.25, 0.3) is 5.56 Å². The molecule has 3 rings (SSSR count). The number of carbonyl (C=O) groups is 2. The SMILES string of the molecule is CCCc1nc2scc(C(=O)O)c2c(=O)n1CC(=O)Nc1c(C)cccc1C. The summed E-state index contributed by atoms with van der Waals surface area (Å²) in [5.41, 5.74) is 1.99. The first-order valence-corrected chi connectivity index (χ1v) is 9.81. The number of carboxylic acid groups (broad SMARTS) is 1. The van der Waals surface area contributed by atoms with E-state index in [-0.39, 0.29) is 23.4 Å². The maximum atomic E-state index is 13.0. The molecule has 0 atom stereocenters. The van der Waals surface area contributed by atoms with Crippen molar-refractivity contribution in [2.45, 2.75) is 40.2 Å². The summed E-state index contributed by atoms with van der Waals surface area (Å²) in [5, 5.41) is 13.7. The van der Waals surface area contributed by atoms with Crippen molar-refractivity contribution < 1.29 is 14.7 Å². The Morgan fingerprint density at radius 2 is 1.93 bits per heavy atom. The fourth-order valence-corrected chi connectivity index (χ4v) is 4.06. The van der Waals surface area contributed by atoms with Gasteiger partial charge in [0.1, 0.15) is 17.2 Å². The second-order valence-electron chi connectivity index (χ2n) is 6.62. The van der Waals surface area contributed by atoms with Gasteiger partial charge in [-0.15, -0.1) is 11.3 Å². The lowest BCUT2D eigenvalue weighted by Gasteiger charge is -2.14. The predicted octanol–water partition coefficient (Wildman–Crippen LogP) is 3.36. The highest BCUT2D eigenvalue weighted by Crippen LogP contribution is 2.23. The van der Waals surface area contributed by atoms with Crippen molar-refractivity contribution in [3.8, 4) is 0 Å². The summed E-state index contributed by atoms with van der Waals surface area (Å²) in [4.78, 5) is 42.0. The van der Waals surface area contributed by atoms with Crippen molar-refractivity contribution in [2.24, 2.45) is 0 Å². The highest BCUT2D eigenvalue weighted by molar-refractivity contribution is 7.17. The number of aromatic carboxylic acids is 1. The van der Waals surface area contributed by atoms with E-state index in [2.05, 4.69) is 10.3 Å². The molecule has 0 saturated heterocycles. The molecule has 0 unspecified atom stereocenters. The van der Waals surface area contributed by atoms with Gasteiger partial charge in [0, 0.05) is 17.5 Å². The van der Waals surface area contributed by atoms with E-state index in [1.54, 1.807) is 0 Å². The summed E-state index contributed by atoms with van der Waals surface area (Å²) >= 11 is 1.12. The third-order valence-corrected chi connectivity index (χ3v) is 5.40. The molecule has 0 aliphatic rings. The van der Waals surface area contributed by atoms with Crippen LogP contribution in [0.25, 0.3) is 10.2 Å². The first-order valence-electron chi connectivity index (χ1n) is 8.93. The average Bonchev–Trinajstić information content (AvgIpc) is 3.06. The minimum Gasteiger partial charge on any atom is -0.478 e. The zero-order valence-electron chi connectivity index (χ0n) is 15.9. The van der Waals surface area contributed by atoms with Crippen LogP contribution in [-0.4, -0.2) is 26.5 Å². The van der Waals surface area contributed by atoms with Gasteiger partial charge in [-0.2, -0.15) is 0 Å². The lowest BCUT2D eigenvalue weighted by Crippen LogP contribution is -2.31. The van der Waals surface area contributed by atoms with Crippen molar-refractivity contribution in [3.05, 3.63) is 56.4 Å². The molecule has 2 heterocycles. The number of para-hydroxylation sites is 1. The third kappa shape index (κ3) is 3.68. The van der Waals surface area contributed by atoms with Gasteiger partial charge in [-0.05, 0) is 31.4 Å². The van der Waals surface area contributed by atoms with Crippen molar-refractivity contribution in [3.63, 3.8) is 0 Å². The summed E-state index contributed by atoms with van der Waals surface area (Å²) in [6.07, 6.45) is 1.26. The first-order chi connectivity index (χ1) is 13.3. The molecule has 2 N–H and O–H groups in total. The lowest BCUT2D eigenvalue weighted by atomic mass is 10.1. The number of rotatable bonds is 6. The monoisotopic (exact) mass is 399 g/mol. The molecule has 146 valence electrons. The summed E-state index contributed by atoms with van der Waals surface area (Å²) in [6.45, 7) is 5.53. The molecule has 1 amide bonds. The van der Waals surface area contributed by atoms with Crippen LogP contribution >= 0.6 is 11.3 Å². The summed E-state index contributed by atoms with van der Waals surface area (Å²) < 4.78 is 1.29. The van der Waals surface area contributed by atoms with Crippen molar-refractivity contribution in [1.82, 2.24) is 9.55 Å². The highest BCUT2D eigenvalue weighted by Gasteiger charge is 2.20. The van der Waals surface area contributed by atoms with E-state index in [0.29, 0.717) is 22.8 Å². The van der Waals surface area contributed by atoms with E-state index < -0.39 is 11.5 Å². The maximum absolute atomic E-state index is 13.0. The topological polar surface area (TPSA) is 101 Å². The van der Waals surface area contributed by atoms with E-state index in [4.69, 9.17) is 0 Å². The van der Waals surface area contributed by atoms with Gasteiger partial charge in [0.15, 0.2) is 0 Å². The molecule has 0 fully saturated rings. The van der Waals surface area contributed by atoms with Gasteiger partial charge in [-0.3, -0.25) is 14.2 Å². The largest absolute Gasteiger partial charge is 0.478 e. The van der Waals surface area contributed by atoms with Crippen LogP contribution < -0.4 is 10.9 Å². The Balaban J connectivity index is 2.03. The van der Waals surface area contributed by atoms with Crippen molar-refractivity contribution >= 4 is 39.1 Å². The molecule has 0 aliphatic heterocycles. The smallest absolute Gasteiger partial charge is 0.337 e. The van der Waals surface area contributed by atoms with Crippen LogP contribution in [-0.2, 0) is 17.8 Å². The van der Waals surface area contributed by atoms with Crippen LogP contribution in [0, 0.1) is 13.8 Å². The standard InChI is InChI=1S/C20H21N3O4S/c1-4-6-14-21-18-16(13(10-28-18)20(26)27)19(25)23(14)9-15(24)22-17-11(2)7-5-8-12(17)3/h5,7-8,10H,4,6,9H2,1-3H3,(H,22,24)(H,26,27). The highest BCUT2D eigenvalue weighted by atomic mass is 32.1. The fraction of sp³-hybridized carbons (Fsp3) is 0.300. The van der Waals surface area contributed by atoms with Crippen molar-refractivity contribution in [1.29, 1.82) is 0 Å². The van der Waals surface area contributed by atoms with Crippen LogP contribution in [0.5, 0.6) is 0 Å². The number of nitrogens with one attached hydrogen (secondary N) is 1. The van der Waals surface area contributed by atoms with E-state index in [0.717, 1.165) is 28.9 Å². The maximum Gasteiger partial charge on any atom is 0.337 e. The zero-order valence-corrected chi connectivity index (χ0v) is 16.7. The molecule has 0 aliphatic carbocycles. The second-order valence-corrected chi connectivity index (χ2v) is 7.48. The minimum absolute atomic E-state index is 0.0530. The number of aryl methyl sites for hydroxylation is 3. The molecule has 28 heavy (non-hydrogen) atoms. The Labute approximate surface area is 165 Å². The summed E-state index contributed by atoms with van der Waals surface area (Å²) in [6, 6.07) is 5.71. The number of hydrogen-bond donors (Lipinski definition) is 2. The normalized spacial score (nSPS) is 11.0. The number of fused-ring (bicyclic) bond motifs is 1. The molecule has 1 aromatic carbocycles. The molecule has 0 bridgehead atoms. The van der Waals surface area contributed by atoms with E-state index in [1.165, 1.54) is 9.95 Å². The fourth-order valence-electron chi connectivity index (χ4n) is 3.14. The van der Waals surface area contributed by atoms with Crippen LogP contribution in [0.15, 0.2) is 28.4 Å². The number of nitrogens with zero attached hydrogens (tertiary/aromatic N) is 2. The van der Waals surface area contributed by atoms with Crippen LogP contribution in [0.4, 0.5) is 5.69 Å². The van der Waals surface area contributed by atoms with Gasteiger partial charge in [0.2, 0.25) is 5.91 Å². The molecule has 2 aromatic heterocycles. The summed E-state index contributed by atoms with van der Waals surface area (Å²) in [5.74, 6) is -1.06. The molecule has 0 spiro atoms. The molecule has 8 heteroatoms. The van der Waals surface area contributed by atoms with Crippen molar-refractivity contribution in [2.75, 3.05) is 5.32 Å². The van der Waals surface area contributed by atoms with Gasteiger partial charge < -0.3 is 10.4 Å². The van der Waals surface area contributed by atoms with E-state index >= 15 is 0 Å². The molecule has 7 nitrogen and oxygen atoms in total. The number of anilines is 1. The first kappa shape index (κ1) is 19.8. The Bertz CT molecular complexity index is 1110. The number of carboxylic acids is 1. The Hall–Kier alpha value is -3.00. The van der Waals surface area contributed by atoms with Crippen LogP contribution in [0.3, 0.4) is 0 Å². The molecular weight excluding hydrogens is 378 g/mol. The van der Waals surface area contributed by atoms with Gasteiger partial charge in [0.05, 0.1) is 10.9 Å². The minimum atomic E-state index is -1.18. The lowest BCUT2D eigenvalue weighted by molar-refractivity contribution is -0.116. The number of hydrogen-bond acceptors (Lipinski definition) is 5. The molecule has 0 radical (unpaired) electrons. The molecular formula is C20H21N3O4S. The second kappa shape index (κ2) is 7.93. The Kier molecular flexibility index (Phi) is 5.60. The molecule has 0 saturated carbocycles.